The molecule has 0 spiro atoms. The normalized spacial score (nSPS) is 18.8. The summed E-state index contributed by atoms with van der Waals surface area (Å²) < 4.78 is 10.8. The van der Waals surface area contributed by atoms with Crippen molar-refractivity contribution in [1.82, 2.24) is 0 Å². The van der Waals surface area contributed by atoms with E-state index in [9.17, 15) is 5.11 Å². The summed E-state index contributed by atoms with van der Waals surface area (Å²) in [6.07, 6.45) is 6.27. The summed E-state index contributed by atoms with van der Waals surface area (Å²) in [6, 6.07) is 7.86. The summed E-state index contributed by atoms with van der Waals surface area (Å²) in [7, 11) is 1.66. The molecular weight excluding hydrogens is 240 g/mol. The first-order valence-corrected chi connectivity index (χ1v) is 7.20. The molecule has 3 heteroatoms. The first kappa shape index (κ1) is 14.4. The van der Waals surface area contributed by atoms with Gasteiger partial charge in [0, 0.05) is 12.7 Å². The maximum absolute atomic E-state index is 10.9. The van der Waals surface area contributed by atoms with Gasteiger partial charge in [-0.2, -0.15) is 0 Å². The van der Waals surface area contributed by atoms with E-state index in [1.165, 1.54) is 12.8 Å². The van der Waals surface area contributed by atoms with Gasteiger partial charge in [-0.15, -0.1) is 0 Å². The van der Waals surface area contributed by atoms with E-state index >= 15 is 0 Å². The highest BCUT2D eigenvalue weighted by atomic mass is 16.5. The maximum atomic E-state index is 10.9. The van der Waals surface area contributed by atoms with E-state index in [0.717, 1.165) is 37.0 Å². The maximum Gasteiger partial charge on any atom is 0.125 e. The zero-order valence-corrected chi connectivity index (χ0v) is 11.7. The minimum Gasteiger partial charge on any atom is -0.491 e. The van der Waals surface area contributed by atoms with Crippen LogP contribution in [-0.4, -0.2) is 25.4 Å². The molecular formula is C16H24O3. The lowest BCUT2D eigenvalue weighted by atomic mass is 9.86. The van der Waals surface area contributed by atoms with E-state index in [4.69, 9.17) is 9.47 Å². The number of hydrogen-bond donors (Lipinski definition) is 1. The third-order valence-electron chi connectivity index (χ3n) is 3.86. The van der Waals surface area contributed by atoms with Crippen molar-refractivity contribution in [3.8, 4) is 5.75 Å². The Kier molecular flexibility index (Phi) is 5.23. The van der Waals surface area contributed by atoms with Crippen molar-refractivity contribution in [2.45, 2.75) is 44.1 Å². The van der Waals surface area contributed by atoms with Crippen molar-refractivity contribution in [2.75, 3.05) is 20.3 Å². The quantitative estimate of drug-likeness (QED) is 0.655. The summed E-state index contributed by atoms with van der Waals surface area (Å²) >= 11 is 0. The van der Waals surface area contributed by atoms with Crippen molar-refractivity contribution < 1.29 is 14.6 Å². The lowest BCUT2D eigenvalue weighted by Crippen LogP contribution is -2.25. The predicted molar refractivity (Wildman–Crippen MR) is 75.4 cm³/mol. The van der Waals surface area contributed by atoms with E-state index < -0.39 is 5.60 Å². The van der Waals surface area contributed by atoms with Gasteiger partial charge in [0.15, 0.2) is 0 Å². The molecule has 0 aliphatic heterocycles. The highest BCUT2D eigenvalue weighted by Gasteiger charge is 2.32. The third-order valence-corrected chi connectivity index (χ3v) is 3.86. The number of benzene rings is 1. The van der Waals surface area contributed by atoms with Gasteiger partial charge in [-0.25, -0.2) is 0 Å². The molecule has 0 atom stereocenters. The Balaban J connectivity index is 2.17. The van der Waals surface area contributed by atoms with E-state index in [1.807, 2.05) is 24.3 Å². The van der Waals surface area contributed by atoms with Gasteiger partial charge in [-0.3, -0.25) is 0 Å². The van der Waals surface area contributed by atoms with Crippen molar-refractivity contribution in [3.63, 3.8) is 0 Å². The van der Waals surface area contributed by atoms with Gasteiger partial charge in [0.25, 0.3) is 0 Å². The summed E-state index contributed by atoms with van der Waals surface area (Å²) in [6.45, 7) is 1.08. The van der Waals surface area contributed by atoms with Crippen LogP contribution in [0.25, 0.3) is 0 Å². The van der Waals surface area contributed by atoms with Crippen LogP contribution in [0.5, 0.6) is 5.75 Å². The molecule has 0 amide bonds. The average Bonchev–Trinajstić information content (AvgIpc) is 2.65. The Labute approximate surface area is 115 Å². The second-order valence-corrected chi connectivity index (χ2v) is 5.28. The molecule has 0 unspecified atom stereocenters. The molecule has 3 nitrogen and oxygen atoms in total. The summed E-state index contributed by atoms with van der Waals surface area (Å²) in [4.78, 5) is 0. The van der Waals surface area contributed by atoms with Crippen LogP contribution >= 0.6 is 0 Å². The number of ether oxygens (including phenoxy) is 2. The van der Waals surface area contributed by atoms with Crippen molar-refractivity contribution in [3.05, 3.63) is 29.8 Å². The molecule has 1 aromatic rings. The van der Waals surface area contributed by atoms with Crippen LogP contribution in [0, 0.1) is 0 Å². The number of para-hydroxylation sites is 1. The Morgan fingerprint density at radius 2 is 1.74 bits per heavy atom. The van der Waals surface area contributed by atoms with Crippen molar-refractivity contribution >= 4 is 0 Å². The van der Waals surface area contributed by atoms with Crippen molar-refractivity contribution in [2.24, 2.45) is 0 Å². The van der Waals surface area contributed by atoms with Crippen LogP contribution in [0.15, 0.2) is 24.3 Å². The average molecular weight is 264 g/mol. The Bertz CT molecular complexity index is 381. The molecule has 106 valence electrons. The Morgan fingerprint density at radius 1 is 1.05 bits per heavy atom. The van der Waals surface area contributed by atoms with E-state index in [2.05, 4.69) is 0 Å². The SMILES string of the molecule is COCCOc1ccccc1C1(O)CCCCCC1. The number of methoxy groups -OCH3 is 1. The monoisotopic (exact) mass is 264 g/mol. The summed E-state index contributed by atoms with van der Waals surface area (Å²) in [5.41, 5.74) is 0.216. The molecule has 0 bridgehead atoms. The second kappa shape index (κ2) is 6.92. The fourth-order valence-corrected chi connectivity index (χ4v) is 2.79. The van der Waals surface area contributed by atoms with Gasteiger partial charge in [-0.1, -0.05) is 43.9 Å². The number of aliphatic hydroxyl groups is 1. The van der Waals surface area contributed by atoms with Crippen LogP contribution in [0.1, 0.15) is 44.1 Å². The first-order chi connectivity index (χ1) is 9.26. The predicted octanol–water partition coefficient (Wildman–Crippen LogP) is 3.25. The minimum atomic E-state index is -0.722. The largest absolute Gasteiger partial charge is 0.491 e. The molecule has 0 saturated heterocycles. The molecule has 1 N–H and O–H groups in total. The van der Waals surface area contributed by atoms with E-state index in [1.54, 1.807) is 7.11 Å². The smallest absolute Gasteiger partial charge is 0.125 e. The molecule has 1 aliphatic carbocycles. The molecule has 1 aliphatic rings. The fourth-order valence-electron chi connectivity index (χ4n) is 2.79. The van der Waals surface area contributed by atoms with Crippen LogP contribution < -0.4 is 4.74 Å². The van der Waals surface area contributed by atoms with E-state index in [0.29, 0.717) is 13.2 Å². The lowest BCUT2D eigenvalue weighted by molar-refractivity contribution is 0.0173. The van der Waals surface area contributed by atoms with Gasteiger partial charge in [0.2, 0.25) is 0 Å². The lowest BCUT2D eigenvalue weighted by Gasteiger charge is -2.29. The summed E-state index contributed by atoms with van der Waals surface area (Å²) in [5, 5.41) is 10.9. The van der Waals surface area contributed by atoms with Gasteiger partial charge in [0.1, 0.15) is 12.4 Å². The molecule has 1 saturated carbocycles. The van der Waals surface area contributed by atoms with Gasteiger partial charge in [-0.05, 0) is 18.9 Å². The Hall–Kier alpha value is -1.06. The molecule has 0 radical (unpaired) electrons. The molecule has 0 heterocycles. The second-order valence-electron chi connectivity index (χ2n) is 5.28. The van der Waals surface area contributed by atoms with E-state index in [-0.39, 0.29) is 0 Å². The van der Waals surface area contributed by atoms with Gasteiger partial charge in [0.05, 0.1) is 12.2 Å². The topological polar surface area (TPSA) is 38.7 Å². The number of hydrogen-bond acceptors (Lipinski definition) is 3. The van der Waals surface area contributed by atoms with Crippen molar-refractivity contribution in [1.29, 1.82) is 0 Å². The fraction of sp³-hybridized carbons (Fsp3) is 0.625. The summed E-state index contributed by atoms with van der Waals surface area (Å²) in [5.74, 6) is 0.795. The van der Waals surface area contributed by atoms with Crippen LogP contribution in [0.2, 0.25) is 0 Å². The first-order valence-electron chi connectivity index (χ1n) is 7.20. The highest BCUT2D eigenvalue weighted by Crippen LogP contribution is 2.40. The molecule has 1 aromatic carbocycles. The standard InChI is InChI=1S/C16H24O3/c1-18-12-13-19-15-9-5-4-8-14(15)16(17)10-6-2-3-7-11-16/h4-5,8-9,17H,2-3,6-7,10-13H2,1H3. The number of rotatable bonds is 5. The van der Waals surface area contributed by atoms with Crippen LogP contribution in [0.4, 0.5) is 0 Å². The molecule has 1 fully saturated rings. The molecule has 2 rings (SSSR count). The molecule has 19 heavy (non-hydrogen) atoms. The third kappa shape index (κ3) is 3.71. The molecule has 0 aromatic heterocycles. The zero-order valence-electron chi connectivity index (χ0n) is 11.7. The highest BCUT2D eigenvalue weighted by molar-refractivity contribution is 5.38. The zero-order chi connectivity index (χ0) is 13.6. The Morgan fingerprint density at radius 3 is 2.42 bits per heavy atom. The van der Waals surface area contributed by atoms with Crippen LogP contribution in [-0.2, 0) is 10.3 Å². The van der Waals surface area contributed by atoms with Gasteiger partial charge < -0.3 is 14.6 Å². The van der Waals surface area contributed by atoms with Crippen LogP contribution in [0.3, 0.4) is 0 Å². The van der Waals surface area contributed by atoms with Gasteiger partial charge >= 0.3 is 0 Å². The minimum absolute atomic E-state index is 0.517.